The van der Waals surface area contributed by atoms with Crippen LogP contribution in [0.5, 0.6) is 0 Å². The molecule has 0 heterocycles. The Labute approximate surface area is 116 Å². The van der Waals surface area contributed by atoms with Crippen molar-refractivity contribution in [2.75, 3.05) is 7.11 Å². The lowest BCUT2D eigenvalue weighted by atomic mass is 9.69. The van der Waals surface area contributed by atoms with E-state index in [1.54, 1.807) is 7.11 Å². The van der Waals surface area contributed by atoms with Gasteiger partial charge in [-0.05, 0) is 55.4 Å². The number of halogens is 1. The summed E-state index contributed by atoms with van der Waals surface area (Å²) in [5.41, 5.74) is 2.51. The Morgan fingerprint density at radius 3 is 2.72 bits per heavy atom. The third kappa shape index (κ3) is 1.93. The molecule has 3 rings (SSSR count). The van der Waals surface area contributed by atoms with Gasteiger partial charge in [0.05, 0.1) is 12.2 Å². The fourth-order valence-electron chi connectivity index (χ4n) is 3.64. The second-order valence-corrected chi connectivity index (χ2v) is 6.64. The third-order valence-electron chi connectivity index (χ3n) is 4.79. The molecule has 0 aromatic heterocycles. The first-order chi connectivity index (χ1) is 8.64. The summed E-state index contributed by atoms with van der Waals surface area (Å²) in [6, 6.07) is 6.31. The molecule has 1 saturated carbocycles. The van der Waals surface area contributed by atoms with Crippen LogP contribution < -0.4 is 0 Å². The van der Waals surface area contributed by atoms with Gasteiger partial charge in [-0.2, -0.15) is 0 Å². The monoisotopic (exact) mass is 310 g/mol. The molecule has 0 radical (unpaired) electrons. The summed E-state index contributed by atoms with van der Waals surface area (Å²) in [6.07, 6.45) is 5.39. The number of hydrogen-bond donors (Lipinski definition) is 1. The van der Waals surface area contributed by atoms with Crippen LogP contribution in [-0.2, 0) is 11.2 Å². The van der Waals surface area contributed by atoms with E-state index in [1.165, 1.54) is 5.56 Å². The van der Waals surface area contributed by atoms with Gasteiger partial charge in [0.1, 0.15) is 0 Å². The molecule has 18 heavy (non-hydrogen) atoms. The smallest absolute Gasteiger partial charge is 0.0852 e. The lowest BCUT2D eigenvalue weighted by molar-refractivity contribution is -0.0341. The standard InChI is InChI=1S/C15H19BrO2/c1-18-12-4-6-15(7-5-12)9-10-2-3-11(16)8-13(10)14(15)17/h2-3,8,12,14,17H,4-7,9H2,1H3. The molecule has 0 saturated heterocycles. The zero-order chi connectivity index (χ0) is 12.8. The Hall–Kier alpha value is -0.380. The summed E-state index contributed by atoms with van der Waals surface area (Å²) < 4.78 is 6.49. The van der Waals surface area contributed by atoms with Gasteiger partial charge in [-0.25, -0.2) is 0 Å². The highest BCUT2D eigenvalue weighted by Gasteiger charge is 2.47. The van der Waals surface area contributed by atoms with Crippen LogP contribution in [0.2, 0.25) is 0 Å². The molecule has 0 bridgehead atoms. The van der Waals surface area contributed by atoms with Gasteiger partial charge >= 0.3 is 0 Å². The molecule has 2 aliphatic carbocycles. The molecule has 3 heteroatoms. The number of aliphatic hydroxyl groups is 1. The number of ether oxygens (including phenoxy) is 1. The molecule has 1 fully saturated rings. The Kier molecular flexibility index (Phi) is 3.25. The van der Waals surface area contributed by atoms with Crippen molar-refractivity contribution < 1.29 is 9.84 Å². The number of fused-ring (bicyclic) bond motifs is 1. The molecular weight excluding hydrogens is 292 g/mol. The summed E-state index contributed by atoms with van der Waals surface area (Å²) >= 11 is 3.49. The minimum Gasteiger partial charge on any atom is -0.388 e. The number of benzene rings is 1. The SMILES string of the molecule is COC1CCC2(CC1)Cc1ccc(Br)cc1C2O. The van der Waals surface area contributed by atoms with Crippen molar-refractivity contribution in [2.45, 2.75) is 44.3 Å². The van der Waals surface area contributed by atoms with Crippen LogP contribution in [0.1, 0.15) is 42.9 Å². The van der Waals surface area contributed by atoms with E-state index in [2.05, 4.69) is 34.1 Å². The average molecular weight is 311 g/mol. The summed E-state index contributed by atoms with van der Waals surface area (Å²) in [7, 11) is 1.79. The second kappa shape index (κ2) is 4.62. The first-order valence-electron chi connectivity index (χ1n) is 6.64. The summed E-state index contributed by atoms with van der Waals surface area (Å²) in [4.78, 5) is 0. The van der Waals surface area contributed by atoms with Gasteiger partial charge in [-0.1, -0.05) is 22.0 Å². The fourth-order valence-corrected chi connectivity index (χ4v) is 4.02. The number of aliphatic hydroxyl groups excluding tert-OH is 1. The second-order valence-electron chi connectivity index (χ2n) is 5.72. The molecule has 1 spiro atoms. The fraction of sp³-hybridized carbons (Fsp3) is 0.600. The number of rotatable bonds is 1. The van der Waals surface area contributed by atoms with Crippen LogP contribution in [0.4, 0.5) is 0 Å². The lowest BCUT2D eigenvalue weighted by Gasteiger charge is -2.39. The van der Waals surface area contributed by atoms with Gasteiger partial charge < -0.3 is 9.84 Å². The summed E-state index contributed by atoms with van der Waals surface area (Å²) in [5.74, 6) is 0. The third-order valence-corrected chi connectivity index (χ3v) is 5.28. The van der Waals surface area contributed by atoms with Gasteiger partial charge in [0.25, 0.3) is 0 Å². The molecule has 1 N–H and O–H groups in total. The molecular formula is C15H19BrO2. The predicted octanol–water partition coefficient (Wildman–Crippen LogP) is 3.61. The van der Waals surface area contributed by atoms with E-state index in [-0.39, 0.29) is 11.5 Å². The maximum atomic E-state index is 10.7. The number of methoxy groups -OCH3 is 1. The van der Waals surface area contributed by atoms with E-state index >= 15 is 0 Å². The largest absolute Gasteiger partial charge is 0.388 e. The maximum absolute atomic E-state index is 10.7. The van der Waals surface area contributed by atoms with E-state index in [0.29, 0.717) is 6.10 Å². The van der Waals surface area contributed by atoms with E-state index in [1.807, 2.05) is 0 Å². The Morgan fingerprint density at radius 2 is 2.06 bits per heavy atom. The van der Waals surface area contributed by atoms with E-state index in [9.17, 15) is 5.11 Å². The topological polar surface area (TPSA) is 29.5 Å². The van der Waals surface area contributed by atoms with Crippen LogP contribution in [0.15, 0.2) is 22.7 Å². The molecule has 1 unspecified atom stereocenters. The van der Waals surface area contributed by atoms with Crippen molar-refractivity contribution >= 4 is 15.9 Å². The van der Waals surface area contributed by atoms with Gasteiger partial charge in [-0.3, -0.25) is 0 Å². The van der Waals surface area contributed by atoms with Crippen LogP contribution >= 0.6 is 15.9 Å². The van der Waals surface area contributed by atoms with Gasteiger partial charge in [-0.15, -0.1) is 0 Å². The molecule has 1 atom stereocenters. The van der Waals surface area contributed by atoms with Crippen LogP contribution in [0.25, 0.3) is 0 Å². The van der Waals surface area contributed by atoms with Crippen molar-refractivity contribution in [1.82, 2.24) is 0 Å². The first-order valence-corrected chi connectivity index (χ1v) is 7.43. The van der Waals surface area contributed by atoms with Gasteiger partial charge in [0.15, 0.2) is 0 Å². The molecule has 2 nitrogen and oxygen atoms in total. The average Bonchev–Trinajstić information content (AvgIpc) is 2.65. The van der Waals surface area contributed by atoms with Crippen molar-refractivity contribution in [1.29, 1.82) is 0 Å². The summed E-state index contributed by atoms with van der Waals surface area (Å²) in [6.45, 7) is 0. The van der Waals surface area contributed by atoms with Crippen molar-refractivity contribution in [3.05, 3.63) is 33.8 Å². The van der Waals surface area contributed by atoms with Crippen molar-refractivity contribution in [3.63, 3.8) is 0 Å². The van der Waals surface area contributed by atoms with Crippen molar-refractivity contribution in [3.8, 4) is 0 Å². The summed E-state index contributed by atoms with van der Waals surface area (Å²) in [5, 5.41) is 10.7. The first kappa shape index (κ1) is 12.6. The molecule has 2 aliphatic rings. The minimum absolute atomic E-state index is 0.0676. The molecule has 1 aromatic carbocycles. The zero-order valence-electron chi connectivity index (χ0n) is 10.7. The van der Waals surface area contributed by atoms with Gasteiger partial charge in [0, 0.05) is 17.0 Å². The Balaban J connectivity index is 1.86. The number of hydrogen-bond acceptors (Lipinski definition) is 2. The molecule has 98 valence electrons. The highest BCUT2D eigenvalue weighted by molar-refractivity contribution is 9.10. The van der Waals surface area contributed by atoms with Crippen LogP contribution in [-0.4, -0.2) is 18.3 Å². The Bertz CT molecular complexity index is 450. The molecule has 1 aromatic rings. The van der Waals surface area contributed by atoms with E-state index in [0.717, 1.165) is 42.1 Å². The van der Waals surface area contributed by atoms with Gasteiger partial charge in [0.2, 0.25) is 0 Å². The minimum atomic E-state index is -0.303. The van der Waals surface area contributed by atoms with Crippen LogP contribution in [0, 0.1) is 5.41 Å². The predicted molar refractivity (Wildman–Crippen MR) is 74.5 cm³/mol. The molecule has 0 amide bonds. The quantitative estimate of drug-likeness (QED) is 0.858. The van der Waals surface area contributed by atoms with E-state index < -0.39 is 0 Å². The normalized spacial score (nSPS) is 34.8. The zero-order valence-corrected chi connectivity index (χ0v) is 12.2. The maximum Gasteiger partial charge on any atom is 0.0852 e. The lowest BCUT2D eigenvalue weighted by Crippen LogP contribution is -2.33. The van der Waals surface area contributed by atoms with Crippen molar-refractivity contribution in [2.24, 2.45) is 5.41 Å². The highest BCUT2D eigenvalue weighted by atomic mass is 79.9. The van der Waals surface area contributed by atoms with E-state index in [4.69, 9.17) is 4.74 Å². The van der Waals surface area contributed by atoms with Crippen LogP contribution in [0.3, 0.4) is 0 Å². The Morgan fingerprint density at radius 1 is 1.33 bits per heavy atom. The molecule has 0 aliphatic heterocycles. The highest BCUT2D eigenvalue weighted by Crippen LogP contribution is 2.54.